The van der Waals surface area contributed by atoms with Crippen LogP contribution in [0.1, 0.15) is 19.5 Å². The Morgan fingerprint density at radius 3 is 2.71 bits per heavy atom. The fraction of sp³-hybridized carbons (Fsp3) is 0.750. The number of aliphatic hydroxyl groups excluding tert-OH is 1. The van der Waals surface area contributed by atoms with Crippen LogP contribution < -0.4 is 5.32 Å². The summed E-state index contributed by atoms with van der Waals surface area (Å²) in [4.78, 5) is 2.22. The molecule has 2 N–H and O–H groups in total. The number of nitrogens with zero attached hydrogens (tertiary/aromatic N) is 3. The molecule has 0 saturated heterocycles. The van der Waals surface area contributed by atoms with Crippen molar-refractivity contribution < 1.29 is 5.11 Å². The van der Waals surface area contributed by atoms with Crippen molar-refractivity contribution in [2.45, 2.75) is 26.5 Å². The summed E-state index contributed by atoms with van der Waals surface area (Å²) in [5.74, 6) is 0. The van der Waals surface area contributed by atoms with Crippen LogP contribution in [0.25, 0.3) is 0 Å². The summed E-state index contributed by atoms with van der Waals surface area (Å²) in [5.41, 5.74) is 1.00. The van der Waals surface area contributed by atoms with Gasteiger partial charge >= 0.3 is 0 Å². The molecule has 0 aliphatic rings. The highest BCUT2D eigenvalue weighted by Crippen LogP contribution is 1.94. The van der Waals surface area contributed by atoms with E-state index >= 15 is 0 Å². The van der Waals surface area contributed by atoms with Gasteiger partial charge in [0.15, 0.2) is 0 Å². The minimum atomic E-state index is -0.321. The van der Waals surface area contributed by atoms with Crippen molar-refractivity contribution in [3.05, 3.63) is 18.0 Å². The Hall–Kier alpha value is -0.910. The van der Waals surface area contributed by atoms with E-state index in [0.29, 0.717) is 13.1 Å². The highest BCUT2D eigenvalue weighted by atomic mass is 16.3. The second-order valence-electron chi connectivity index (χ2n) is 4.25. The monoisotopic (exact) mass is 240 g/mol. The number of rotatable bonds is 8. The van der Waals surface area contributed by atoms with Crippen molar-refractivity contribution in [2.75, 3.05) is 26.2 Å². The molecule has 17 heavy (non-hydrogen) atoms. The number of hydrogen-bond acceptors (Lipinski definition) is 4. The van der Waals surface area contributed by atoms with Gasteiger partial charge in [0.2, 0.25) is 0 Å². The first kappa shape index (κ1) is 14.2. The molecular formula is C12H24N4O. The van der Waals surface area contributed by atoms with Crippen LogP contribution >= 0.6 is 0 Å². The smallest absolute Gasteiger partial charge is 0.0791 e. The molecule has 1 atom stereocenters. The van der Waals surface area contributed by atoms with E-state index < -0.39 is 0 Å². The molecule has 1 heterocycles. The Labute approximate surface area is 103 Å². The molecule has 0 fully saturated rings. The fourth-order valence-corrected chi connectivity index (χ4v) is 1.77. The molecule has 98 valence electrons. The van der Waals surface area contributed by atoms with Gasteiger partial charge in [-0.3, -0.25) is 4.68 Å². The van der Waals surface area contributed by atoms with Gasteiger partial charge in [-0.2, -0.15) is 5.10 Å². The van der Waals surface area contributed by atoms with Gasteiger partial charge in [-0.05, 0) is 19.2 Å². The van der Waals surface area contributed by atoms with E-state index in [-0.39, 0.29) is 6.10 Å². The van der Waals surface area contributed by atoms with Crippen LogP contribution in [-0.4, -0.2) is 52.1 Å². The fourth-order valence-electron chi connectivity index (χ4n) is 1.77. The van der Waals surface area contributed by atoms with E-state index in [1.807, 2.05) is 19.3 Å². The maximum Gasteiger partial charge on any atom is 0.0791 e. The lowest BCUT2D eigenvalue weighted by molar-refractivity contribution is 0.116. The number of aryl methyl sites for hydroxylation is 1. The molecule has 0 aromatic carbocycles. The van der Waals surface area contributed by atoms with Gasteiger partial charge in [-0.15, -0.1) is 0 Å². The predicted octanol–water partition coefficient (Wildman–Crippen LogP) is 0.212. The number of nitrogens with one attached hydrogen (secondary N) is 1. The summed E-state index contributed by atoms with van der Waals surface area (Å²) in [7, 11) is 1.90. The zero-order chi connectivity index (χ0) is 12.7. The maximum absolute atomic E-state index is 9.84. The topological polar surface area (TPSA) is 53.3 Å². The third-order valence-corrected chi connectivity index (χ3v) is 2.82. The SMILES string of the molecule is CCN(CC)CC(O)CNCc1ccn(C)n1. The van der Waals surface area contributed by atoms with Gasteiger partial charge in [0.25, 0.3) is 0 Å². The lowest BCUT2D eigenvalue weighted by Gasteiger charge is -2.21. The summed E-state index contributed by atoms with van der Waals surface area (Å²) in [6, 6.07) is 1.98. The first-order valence-corrected chi connectivity index (χ1v) is 6.25. The maximum atomic E-state index is 9.84. The summed E-state index contributed by atoms with van der Waals surface area (Å²) in [6.07, 6.45) is 1.60. The number of hydrogen-bond donors (Lipinski definition) is 2. The third-order valence-electron chi connectivity index (χ3n) is 2.82. The number of aromatic nitrogens is 2. The van der Waals surface area contributed by atoms with E-state index in [1.165, 1.54) is 0 Å². The molecule has 0 radical (unpaired) electrons. The Kier molecular flexibility index (Phi) is 6.18. The molecule has 0 aliphatic carbocycles. The van der Waals surface area contributed by atoms with E-state index in [4.69, 9.17) is 0 Å². The van der Waals surface area contributed by atoms with E-state index in [9.17, 15) is 5.11 Å². The molecule has 1 rings (SSSR count). The van der Waals surface area contributed by atoms with Crippen LogP contribution in [0, 0.1) is 0 Å². The van der Waals surface area contributed by atoms with Gasteiger partial charge in [-0.25, -0.2) is 0 Å². The lowest BCUT2D eigenvalue weighted by atomic mass is 10.3. The van der Waals surface area contributed by atoms with Crippen molar-refractivity contribution in [3.63, 3.8) is 0 Å². The average Bonchev–Trinajstić information content (AvgIpc) is 2.72. The van der Waals surface area contributed by atoms with Crippen LogP contribution in [0.15, 0.2) is 12.3 Å². The number of likely N-dealkylation sites (N-methyl/N-ethyl adjacent to an activating group) is 1. The molecule has 1 unspecified atom stereocenters. The van der Waals surface area contributed by atoms with Gasteiger partial charge in [-0.1, -0.05) is 13.8 Å². The Morgan fingerprint density at radius 2 is 2.18 bits per heavy atom. The first-order valence-electron chi connectivity index (χ1n) is 6.25. The van der Waals surface area contributed by atoms with Gasteiger partial charge in [0, 0.05) is 32.9 Å². The molecular weight excluding hydrogens is 216 g/mol. The standard InChI is InChI=1S/C12H24N4O/c1-4-16(5-2)10-12(17)9-13-8-11-6-7-15(3)14-11/h6-7,12-13,17H,4-5,8-10H2,1-3H3. The van der Waals surface area contributed by atoms with Gasteiger partial charge in [0.05, 0.1) is 11.8 Å². The lowest BCUT2D eigenvalue weighted by Crippen LogP contribution is -2.38. The normalized spacial score (nSPS) is 13.2. The van der Waals surface area contributed by atoms with E-state index in [2.05, 4.69) is 29.2 Å². The Balaban J connectivity index is 2.17. The minimum Gasteiger partial charge on any atom is -0.390 e. The quantitative estimate of drug-likeness (QED) is 0.682. The van der Waals surface area contributed by atoms with Crippen molar-refractivity contribution in [1.82, 2.24) is 20.0 Å². The molecule has 0 amide bonds. The van der Waals surface area contributed by atoms with E-state index in [0.717, 1.165) is 25.3 Å². The van der Waals surface area contributed by atoms with Crippen molar-refractivity contribution in [1.29, 1.82) is 0 Å². The molecule has 1 aromatic rings. The van der Waals surface area contributed by atoms with E-state index in [1.54, 1.807) is 4.68 Å². The highest BCUT2D eigenvalue weighted by molar-refractivity contribution is 4.97. The van der Waals surface area contributed by atoms with Crippen molar-refractivity contribution in [3.8, 4) is 0 Å². The van der Waals surface area contributed by atoms with Crippen LogP contribution in [0.3, 0.4) is 0 Å². The average molecular weight is 240 g/mol. The zero-order valence-corrected chi connectivity index (χ0v) is 11.1. The first-order chi connectivity index (χ1) is 8.15. The molecule has 5 nitrogen and oxygen atoms in total. The van der Waals surface area contributed by atoms with Gasteiger partial charge in [0.1, 0.15) is 0 Å². The highest BCUT2D eigenvalue weighted by Gasteiger charge is 2.08. The second kappa shape index (κ2) is 7.42. The van der Waals surface area contributed by atoms with Crippen LogP contribution in [-0.2, 0) is 13.6 Å². The zero-order valence-electron chi connectivity index (χ0n) is 11.1. The van der Waals surface area contributed by atoms with Gasteiger partial charge < -0.3 is 15.3 Å². The molecule has 1 aromatic heterocycles. The molecule has 0 aliphatic heterocycles. The minimum absolute atomic E-state index is 0.321. The summed E-state index contributed by atoms with van der Waals surface area (Å²) >= 11 is 0. The Morgan fingerprint density at radius 1 is 1.47 bits per heavy atom. The van der Waals surface area contributed by atoms with Crippen LogP contribution in [0.5, 0.6) is 0 Å². The predicted molar refractivity (Wildman–Crippen MR) is 68.7 cm³/mol. The molecule has 0 saturated carbocycles. The third kappa shape index (κ3) is 5.30. The molecule has 5 heteroatoms. The summed E-state index contributed by atoms with van der Waals surface area (Å²) in [5, 5.41) is 17.3. The largest absolute Gasteiger partial charge is 0.390 e. The summed E-state index contributed by atoms with van der Waals surface area (Å²) < 4.78 is 1.78. The van der Waals surface area contributed by atoms with Crippen molar-refractivity contribution >= 4 is 0 Å². The molecule has 0 bridgehead atoms. The number of aliphatic hydroxyl groups is 1. The molecule has 0 spiro atoms. The Bertz CT molecular complexity index is 309. The second-order valence-corrected chi connectivity index (χ2v) is 4.25. The van der Waals surface area contributed by atoms with Crippen LogP contribution in [0.4, 0.5) is 0 Å². The van der Waals surface area contributed by atoms with Crippen LogP contribution in [0.2, 0.25) is 0 Å². The summed E-state index contributed by atoms with van der Waals surface area (Å²) in [6.45, 7) is 8.21. The van der Waals surface area contributed by atoms with Crippen molar-refractivity contribution in [2.24, 2.45) is 7.05 Å².